The third-order valence-electron chi connectivity index (χ3n) is 6.41. The van der Waals surface area contributed by atoms with Gasteiger partial charge in [0.2, 0.25) is 0 Å². The van der Waals surface area contributed by atoms with Crippen molar-refractivity contribution < 1.29 is 28.2 Å². The van der Waals surface area contributed by atoms with Crippen LogP contribution in [0.5, 0.6) is 5.75 Å². The predicted molar refractivity (Wildman–Crippen MR) is 126 cm³/mol. The second-order valence-corrected chi connectivity index (χ2v) is 9.24. The van der Waals surface area contributed by atoms with Gasteiger partial charge >= 0.3 is 0 Å². The van der Waals surface area contributed by atoms with E-state index in [-0.39, 0.29) is 25.0 Å². The lowest BCUT2D eigenvalue weighted by molar-refractivity contribution is -0.123. The Kier molecular flexibility index (Phi) is 8.25. The Morgan fingerprint density at radius 3 is 2.56 bits per heavy atom. The van der Waals surface area contributed by atoms with Gasteiger partial charge in [-0.2, -0.15) is 0 Å². The van der Waals surface area contributed by atoms with Gasteiger partial charge < -0.3 is 14.7 Å². The Morgan fingerprint density at radius 2 is 1.91 bits per heavy atom. The number of likely N-dealkylation sites (tertiary alicyclic amines) is 1. The number of benzene rings is 2. The van der Waals surface area contributed by atoms with Gasteiger partial charge in [0.25, 0.3) is 12.4 Å². The molecule has 3 atom stereocenters. The first-order chi connectivity index (χ1) is 16.2. The molecule has 0 saturated carbocycles. The highest BCUT2D eigenvalue weighted by atomic mass is 19.1. The Bertz CT molecular complexity index is 1000. The number of anilines is 1. The maximum Gasteiger partial charge on any atom is 0.290 e. The molecule has 1 N–H and O–H groups in total. The molecule has 2 aliphatic rings. The minimum atomic E-state index is -1.54. The van der Waals surface area contributed by atoms with Crippen molar-refractivity contribution >= 4 is 18.1 Å². The first-order valence-electron chi connectivity index (χ1n) is 11.5. The van der Waals surface area contributed by atoms with E-state index in [1.54, 1.807) is 12.1 Å². The molecule has 2 heterocycles. The van der Waals surface area contributed by atoms with Crippen LogP contribution in [0.1, 0.15) is 45.6 Å². The fraction of sp³-hybridized carbons (Fsp3) is 0.462. The van der Waals surface area contributed by atoms with Crippen LogP contribution in [-0.4, -0.2) is 52.8 Å². The summed E-state index contributed by atoms with van der Waals surface area (Å²) in [5.41, 5.74) is 1.00. The van der Waals surface area contributed by atoms with Crippen molar-refractivity contribution in [1.82, 2.24) is 4.90 Å². The van der Waals surface area contributed by atoms with Gasteiger partial charge in [-0.05, 0) is 69.5 Å². The number of alkyl halides is 1. The molecule has 34 heavy (non-hydrogen) atoms. The van der Waals surface area contributed by atoms with Gasteiger partial charge in [0, 0.05) is 31.2 Å². The van der Waals surface area contributed by atoms with E-state index in [4.69, 9.17) is 14.6 Å². The van der Waals surface area contributed by atoms with Crippen LogP contribution < -0.4 is 9.64 Å². The van der Waals surface area contributed by atoms with E-state index in [0.29, 0.717) is 18.5 Å². The van der Waals surface area contributed by atoms with Gasteiger partial charge in [-0.1, -0.05) is 18.2 Å². The van der Waals surface area contributed by atoms with Gasteiger partial charge in [-0.3, -0.25) is 14.5 Å². The van der Waals surface area contributed by atoms with Crippen molar-refractivity contribution in [2.45, 2.75) is 70.4 Å². The number of carboxylic acid groups (broad SMARTS) is 1. The van der Waals surface area contributed by atoms with E-state index < -0.39 is 23.4 Å². The summed E-state index contributed by atoms with van der Waals surface area (Å²) in [7, 11) is 0. The maximum absolute atomic E-state index is 14.6. The summed E-state index contributed by atoms with van der Waals surface area (Å²) in [6, 6.07) is 14.2. The van der Waals surface area contributed by atoms with Crippen molar-refractivity contribution in [3.8, 4) is 5.75 Å². The molecule has 1 spiro atoms. The number of hydrogen-bond acceptors (Lipinski definition) is 4. The first-order valence-corrected chi connectivity index (χ1v) is 11.5. The van der Waals surface area contributed by atoms with Gasteiger partial charge in [-0.15, -0.1) is 0 Å². The first kappa shape index (κ1) is 25.6. The minimum Gasteiger partial charge on any atom is -0.491 e. The van der Waals surface area contributed by atoms with E-state index in [1.807, 2.05) is 26.0 Å². The molecule has 0 radical (unpaired) electrons. The zero-order valence-corrected chi connectivity index (χ0v) is 19.8. The van der Waals surface area contributed by atoms with Crippen molar-refractivity contribution in [2.75, 3.05) is 11.4 Å². The minimum absolute atomic E-state index is 0.117. The third-order valence-corrected chi connectivity index (χ3v) is 6.41. The van der Waals surface area contributed by atoms with Gasteiger partial charge in [0.1, 0.15) is 11.6 Å². The van der Waals surface area contributed by atoms with Gasteiger partial charge in [0.15, 0.2) is 6.17 Å². The maximum atomic E-state index is 14.6. The lowest BCUT2D eigenvalue weighted by Crippen LogP contribution is -2.56. The molecule has 2 aromatic carbocycles. The second-order valence-electron chi connectivity index (χ2n) is 9.24. The normalized spacial score (nSPS) is 24.8. The highest BCUT2D eigenvalue weighted by molar-refractivity contribution is 6.00. The number of nitrogens with zero attached hydrogens (tertiary/aromatic N) is 2. The summed E-state index contributed by atoms with van der Waals surface area (Å²) in [5, 5.41) is 6.89. The highest BCUT2D eigenvalue weighted by Crippen LogP contribution is 2.45. The summed E-state index contributed by atoms with van der Waals surface area (Å²) in [4.78, 5) is 25.0. The summed E-state index contributed by atoms with van der Waals surface area (Å²) >= 11 is 0. The zero-order valence-electron chi connectivity index (χ0n) is 19.8. The number of hydrogen-bond donors (Lipinski definition) is 1. The van der Waals surface area contributed by atoms with Crippen LogP contribution in [0.2, 0.25) is 0 Å². The Morgan fingerprint density at radius 1 is 1.21 bits per heavy atom. The standard InChI is InChI=1S/C25H30F2N2O2.CH2O2/c1-17(2)31-22-9-4-6-19(12-22)16-28-11-10-25(14-18(28)3)15-23(27)24(30)29(25)21-8-5-7-20(26)13-21;2-1-3/h4-9,12-13,17-18,23H,10-11,14-16H2,1-3H3;1H,(H,2,3)/t18-,23?,25+;/m0./s1. The van der Waals surface area contributed by atoms with Crippen LogP contribution in [0.25, 0.3) is 0 Å². The fourth-order valence-corrected chi connectivity index (χ4v) is 5.10. The largest absolute Gasteiger partial charge is 0.491 e. The molecule has 2 saturated heterocycles. The number of ether oxygens (including phenoxy) is 1. The summed E-state index contributed by atoms with van der Waals surface area (Å²) in [6.07, 6.45) is 0.0523. The molecule has 2 aromatic rings. The van der Waals surface area contributed by atoms with Gasteiger partial charge in [0.05, 0.1) is 11.6 Å². The molecule has 0 bridgehead atoms. The van der Waals surface area contributed by atoms with Crippen LogP contribution in [0.3, 0.4) is 0 Å². The van der Waals surface area contributed by atoms with Crippen molar-refractivity contribution in [2.24, 2.45) is 0 Å². The van der Waals surface area contributed by atoms with Gasteiger partial charge in [-0.25, -0.2) is 8.78 Å². The van der Waals surface area contributed by atoms with Crippen LogP contribution in [0.15, 0.2) is 48.5 Å². The molecule has 2 aliphatic heterocycles. The summed E-state index contributed by atoms with van der Waals surface area (Å²) in [5.74, 6) is -0.117. The summed E-state index contributed by atoms with van der Waals surface area (Å²) < 4.78 is 34.2. The smallest absolute Gasteiger partial charge is 0.290 e. The molecular formula is C26H32F2N2O4. The lowest BCUT2D eigenvalue weighted by Gasteiger charge is -2.48. The number of carbonyl (C=O) groups excluding carboxylic acids is 1. The molecule has 8 heteroatoms. The number of amides is 1. The predicted octanol–water partition coefficient (Wildman–Crippen LogP) is 4.81. The number of piperidine rings is 1. The van der Waals surface area contributed by atoms with Crippen molar-refractivity contribution in [1.29, 1.82) is 0 Å². The molecule has 0 aliphatic carbocycles. The SMILES string of the molecule is CC(C)Oc1cccc(CN2CC[C@]3(CC(F)C(=O)N3c3cccc(F)c3)C[C@@H]2C)c1.O=CO. The van der Waals surface area contributed by atoms with E-state index in [1.165, 1.54) is 17.0 Å². The Balaban J connectivity index is 0.00000103. The molecule has 1 amide bonds. The highest BCUT2D eigenvalue weighted by Gasteiger charge is 2.54. The van der Waals surface area contributed by atoms with E-state index in [2.05, 4.69) is 24.0 Å². The van der Waals surface area contributed by atoms with E-state index in [9.17, 15) is 13.6 Å². The average Bonchev–Trinajstić information content (AvgIpc) is 3.00. The molecule has 1 unspecified atom stereocenters. The molecule has 2 fully saturated rings. The Labute approximate surface area is 199 Å². The van der Waals surface area contributed by atoms with E-state index in [0.717, 1.165) is 24.4 Å². The van der Waals surface area contributed by atoms with Crippen LogP contribution in [-0.2, 0) is 16.1 Å². The van der Waals surface area contributed by atoms with Crippen molar-refractivity contribution in [3.63, 3.8) is 0 Å². The van der Waals surface area contributed by atoms with E-state index >= 15 is 0 Å². The number of rotatable bonds is 5. The van der Waals surface area contributed by atoms with Crippen molar-refractivity contribution in [3.05, 3.63) is 59.9 Å². The molecule has 0 aromatic heterocycles. The fourth-order valence-electron chi connectivity index (χ4n) is 5.10. The molecule has 4 rings (SSSR count). The topological polar surface area (TPSA) is 70.1 Å². The number of halogens is 2. The average molecular weight is 475 g/mol. The third kappa shape index (κ3) is 5.73. The quantitative estimate of drug-likeness (QED) is 0.630. The van der Waals surface area contributed by atoms with Crippen LogP contribution >= 0.6 is 0 Å². The lowest BCUT2D eigenvalue weighted by atomic mass is 9.80. The zero-order chi connectivity index (χ0) is 24.9. The van der Waals surface area contributed by atoms with Crippen LogP contribution in [0.4, 0.5) is 14.5 Å². The van der Waals surface area contributed by atoms with Crippen LogP contribution in [0, 0.1) is 5.82 Å². The molecule has 184 valence electrons. The second kappa shape index (κ2) is 11.0. The number of carbonyl (C=O) groups is 2. The summed E-state index contributed by atoms with van der Waals surface area (Å²) in [6.45, 7) is 7.38. The molecular weight excluding hydrogens is 442 g/mol. The molecule has 6 nitrogen and oxygen atoms in total. The Hall–Kier alpha value is -3.00. The monoisotopic (exact) mass is 474 g/mol.